The standard InChI is InChI=1S/C35H45N9O4/c1-23-20-47-19-18-43(23)33-38-31(39-34(40-33)44-29-12-13-30(44)22-48-21-29)24-4-8-26(9-5-24)36-35(46)37-27-10-6-25(7-11-27)32(45)42-16-14-28(15-17-42)41(2)3/h4-11,23,28-30H,12-22H2,1-3H3,(H2,36,37,46)/t23-,29?,30?/m1/s1. The van der Waals surface area contributed by atoms with E-state index < -0.39 is 0 Å². The number of nitrogens with zero attached hydrogens (tertiary/aromatic N) is 7. The molecule has 48 heavy (non-hydrogen) atoms. The molecular formula is C35H45N9O4. The number of ether oxygens (including phenoxy) is 2. The molecule has 0 radical (unpaired) electrons. The predicted molar refractivity (Wildman–Crippen MR) is 185 cm³/mol. The Morgan fingerprint density at radius 2 is 1.40 bits per heavy atom. The molecule has 3 amide bonds. The Morgan fingerprint density at radius 3 is 2.02 bits per heavy atom. The topological polar surface area (TPSA) is 128 Å². The van der Waals surface area contributed by atoms with Gasteiger partial charge in [-0.3, -0.25) is 4.79 Å². The van der Waals surface area contributed by atoms with Crippen LogP contribution in [0.1, 0.15) is 43.0 Å². The van der Waals surface area contributed by atoms with Crippen LogP contribution in [0.2, 0.25) is 0 Å². The molecule has 254 valence electrons. The molecule has 13 nitrogen and oxygen atoms in total. The van der Waals surface area contributed by atoms with Crippen LogP contribution >= 0.6 is 0 Å². The molecular weight excluding hydrogens is 610 g/mol. The van der Waals surface area contributed by atoms with Gasteiger partial charge in [0.1, 0.15) is 0 Å². The van der Waals surface area contributed by atoms with Gasteiger partial charge in [-0.05, 0) is 95.2 Å². The molecule has 1 aromatic heterocycles. The van der Waals surface area contributed by atoms with Crippen LogP contribution in [0, 0.1) is 0 Å². The summed E-state index contributed by atoms with van der Waals surface area (Å²) < 4.78 is 11.5. The molecule has 0 aliphatic carbocycles. The summed E-state index contributed by atoms with van der Waals surface area (Å²) in [6.07, 6.45) is 4.08. The molecule has 4 saturated heterocycles. The summed E-state index contributed by atoms with van der Waals surface area (Å²) in [5.74, 6) is 1.96. The number of carbonyl (C=O) groups is 2. The number of piperidine rings is 1. The van der Waals surface area contributed by atoms with E-state index in [9.17, 15) is 9.59 Å². The van der Waals surface area contributed by atoms with Gasteiger partial charge in [0.05, 0.1) is 44.6 Å². The Labute approximate surface area is 281 Å². The van der Waals surface area contributed by atoms with Gasteiger partial charge in [0, 0.05) is 48.2 Å². The van der Waals surface area contributed by atoms with Gasteiger partial charge in [-0.15, -0.1) is 0 Å². The van der Waals surface area contributed by atoms with Crippen molar-refractivity contribution >= 4 is 35.2 Å². The maximum atomic E-state index is 13.0. The lowest BCUT2D eigenvalue weighted by molar-refractivity contribution is 0.0663. The molecule has 7 rings (SSSR count). The number of aromatic nitrogens is 3. The SMILES string of the molecule is C[C@@H]1COCCN1c1nc(-c2ccc(NC(=O)Nc3ccc(C(=O)N4CCC(N(C)C)CC4)cc3)cc2)nc(N2C3CCC2COC3)n1. The van der Waals surface area contributed by atoms with Crippen molar-refractivity contribution in [3.05, 3.63) is 54.1 Å². The van der Waals surface area contributed by atoms with Crippen molar-refractivity contribution in [2.45, 2.75) is 56.8 Å². The van der Waals surface area contributed by atoms with Crippen LogP contribution in [-0.2, 0) is 9.47 Å². The van der Waals surface area contributed by atoms with Crippen molar-refractivity contribution in [2.24, 2.45) is 0 Å². The van der Waals surface area contributed by atoms with Crippen molar-refractivity contribution < 1.29 is 19.1 Å². The predicted octanol–water partition coefficient (Wildman–Crippen LogP) is 3.94. The quantitative estimate of drug-likeness (QED) is 0.386. The van der Waals surface area contributed by atoms with E-state index >= 15 is 0 Å². The average Bonchev–Trinajstić information content (AvgIpc) is 3.36. The van der Waals surface area contributed by atoms with Crippen LogP contribution in [0.4, 0.5) is 28.1 Å². The highest BCUT2D eigenvalue weighted by atomic mass is 16.5. The lowest BCUT2D eigenvalue weighted by Gasteiger charge is -2.36. The molecule has 3 atom stereocenters. The number of rotatable bonds is 7. The van der Waals surface area contributed by atoms with Crippen molar-refractivity contribution in [2.75, 3.05) is 80.6 Å². The third-order valence-electron chi connectivity index (χ3n) is 9.98. The van der Waals surface area contributed by atoms with Crippen molar-refractivity contribution in [3.63, 3.8) is 0 Å². The molecule has 0 spiro atoms. The Morgan fingerprint density at radius 1 is 0.771 bits per heavy atom. The molecule has 2 N–H and O–H groups in total. The fraction of sp³-hybridized carbons (Fsp3) is 0.514. The first-order chi connectivity index (χ1) is 23.3. The number of nitrogens with one attached hydrogen (secondary N) is 2. The lowest BCUT2D eigenvalue weighted by Crippen LogP contribution is -2.48. The molecule has 4 aliphatic rings. The van der Waals surface area contributed by atoms with E-state index in [2.05, 4.69) is 46.4 Å². The van der Waals surface area contributed by atoms with Gasteiger partial charge in [0.2, 0.25) is 11.9 Å². The highest BCUT2D eigenvalue weighted by molar-refractivity contribution is 6.00. The summed E-state index contributed by atoms with van der Waals surface area (Å²) >= 11 is 0. The summed E-state index contributed by atoms with van der Waals surface area (Å²) in [6.45, 7) is 6.96. The Kier molecular flexibility index (Phi) is 9.42. The van der Waals surface area contributed by atoms with Crippen LogP contribution in [0.25, 0.3) is 11.4 Å². The first-order valence-corrected chi connectivity index (χ1v) is 17.0. The number of likely N-dealkylation sites (tertiary alicyclic amines) is 1. The minimum atomic E-state index is -0.374. The fourth-order valence-corrected chi connectivity index (χ4v) is 7.17. The number of amides is 3. The lowest BCUT2D eigenvalue weighted by atomic mass is 10.0. The Balaban J connectivity index is 1.01. The van der Waals surface area contributed by atoms with Crippen LogP contribution in [0.3, 0.4) is 0 Å². The second-order valence-electron chi connectivity index (χ2n) is 13.4. The molecule has 3 aromatic rings. The van der Waals surface area contributed by atoms with Crippen LogP contribution in [0.15, 0.2) is 48.5 Å². The minimum absolute atomic E-state index is 0.0254. The van der Waals surface area contributed by atoms with Crippen molar-refractivity contribution in [1.29, 1.82) is 0 Å². The number of hydrogen-bond donors (Lipinski definition) is 2. The van der Waals surface area contributed by atoms with Gasteiger partial charge in [0.25, 0.3) is 5.91 Å². The number of anilines is 4. The fourth-order valence-electron chi connectivity index (χ4n) is 7.17. The molecule has 0 saturated carbocycles. The van der Waals surface area contributed by atoms with Crippen LogP contribution < -0.4 is 20.4 Å². The van der Waals surface area contributed by atoms with E-state index in [1.54, 1.807) is 24.3 Å². The zero-order chi connectivity index (χ0) is 33.2. The third kappa shape index (κ3) is 6.94. The Hall–Kier alpha value is -4.33. The summed E-state index contributed by atoms with van der Waals surface area (Å²) in [5, 5.41) is 5.76. The zero-order valence-corrected chi connectivity index (χ0v) is 28.0. The van der Waals surface area contributed by atoms with Crippen molar-refractivity contribution in [3.8, 4) is 11.4 Å². The van der Waals surface area contributed by atoms with E-state index in [-0.39, 0.29) is 30.1 Å². The molecule has 13 heteroatoms. The molecule has 2 unspecified atom stereocenters. The van der Waals surface area contributed by atoms with E-state index in [4.69, 9.17) is 24.4 Å². The zero-order valence-electron chi connectivity index (χ0n) is 28.0. The average molecular weight is 656 g/mol. The van der Waals surface area contributed by atoms with Gasteiger partial charge in [-0.25, -0.2) is 4.79 Å². The van der Waals surface area contributed by atoms with Gasteiger partial charge in [-0.2, -0.15) is 15.0 Å². The van der Waals surface area contributed by atoms with Gasteiger partial charge in [0.15, 0.2) is 5.82 Å². The summed E-state index contributed by atoms with van der Waals surface area (Å²) in [4.78, 5) is 49.4. The number of urea groups is 1. The first kappa shape index (κ1) is 32.2. The van der Waals surface area contributed by atoms with E-state index in [1.165, 1.54) is 0 Å². The number of benzene rings is 2. The summed E-state index contributed by atoms with van der Waals surface area (Å²) in [6, 6.07) is 15.4. The normalized spacial score (nSPS) is 23.0. The second-order valence-corrected chi connectivity index (χ2v) is 13.4. The highest BCUT2D eigenvalue weighted by Crippen LogP contribution is 2.34. The molecule has 2 bridgehead atoms. The van der Waals surface area contributed by atoms with Gasteiger partial charge in [-0.1, -0.05) is 0 Å². The number of fused-ring (bicyclic) bond motifs is 2. The smallest absolute Gasteiger partial charge is 0.323 e. The maximum absolute atomic E-state index is 13.0. The third-order valence-corrected chi connectivity index (χ3v) is 9.98. The van der Waals surface area contributed by atoms with E-state index in [0.29, 0.717) is 73.7 Å². The first-order valence-electron chi connectivity index (χ1n) is 17.0. The van der Waals surface area contributed by atoms with Crippen LogP contribution in [-0.4, -0.2) is 121 Å². The second kappa shape index (κ2) is 14.0. The van der Waals surface area contributed by atoms with E-state index in [1.807, 2.05) is 29.2 Å². The summed E-state index contributed by atoms with van der Waals surface area (Å²) in [5.41, 5.74) is 2.69. The molecule has 4 aliphatic heterocycles. The van der Waals surface area contributed by atoms with Crippen molar-refractivity contribution in [1.82, 2.24) is 24.8 Å². The molecule has 4 fully saturated rings. The summed E-state index contributed by atoms with van der Waals surface area (Å²) in [7, 11) is 4.17. The number of morpholine rings is 2. The highest BCUT2D eigenvalue weighted by Gasteiger charge is 2.40. The monoisotopic (exact) mass is 655 g/mol. The van der Waals surface area contributed by atoms with Gasteiger partial charge >= 0.3 is 6.03 Å². The maximum Gasteiger partial charge on any atom is 0.323 e. The minimum Gasteiger partial charge on any atom is -0.377 e. The number of carbonyl (C=O) groups excluding carboxylic acids is 2. The van der Waals surface area contributed by atoms with E-state index in [0.717, 1.165) is 44.3 Å². The van der Waals surface area contributed by atoms with Gasteiger partial charge < -0.3 is 39.7 Å². The Bertz CT molecular complexity index is 1580. The van der Waals surface area contributed by atoms with Crippen LogP contribution in [0.5, 0.6) is 0 Å². The number of hydrogen-bond acceptors (Lipinski definition) is 10. The largest absolute Gasteiger partial charge is 0.377 e. The molecule has 5 heterocycles. The molecule has 2 aromatic carbocycles.